The highest BCUT2D eigenvalue weighted by atomic mass is 16.5. The van der Waals surface area contributed by atoms with E-state index in [2.05, 4.69) is 25.1 Å². The maximum atomic E-state index is 11.3. The molecule has 0 heterocycles. The van der Waals surface area contributed by atoms with Crippen molar-refractivity contribution in [2.24, 2.45) is 0 Å². The average molecular weight is 282 g/mol. The standard InChI is InChI=1S/C19H22O2/c1-3-21-16-8-6-7-15(13-16)19(20)12-11-14(2)17-9-4-5-10-18(17)19/h4-10,13-14,20H,3,11-12H2,1-2H3. The van der Waals surface area contributed by atoms with E-state index in [0.717, 1.165) is 29.7 Å². The summed E-state index contributed by atoms with van der Waals surface area (Å²) in [6.07, 6.45) is 1.74. The van der Waals surface area contributed by atoms with Crippen molar-refractivity contribution in [3.8, 4) is 5.75 Å². The summed E-state index contributed by atoms with van der Waals surface area (Å²) in [5.74, 6) is 1.32. The van der Waals surface area contributed by atoms with E-state index in [1.54, 1.807) is 0 Å². The smallest absolute Gasteiger partial charge is 0.119 e. The number of ether oxygens (including phenoxy) is 1. The Morgan fingerprint density at radius 2 is 2.00 bits per heavy atom. The van der Waals surface area contributed by atoms with Gasteiger partial charge in [0.25, 0.3) is 0 Å². The molecule has 0 spiro atoms. The lowest BCUT2D eigenvalue weighted by molar-refractivity contribution is 0.0577. The molecule has 1 aliphatic carbocycles. The summed E-state index contributed by atoms with van der Waals surface area (Å²) in [5.41, 5.74) is 2.31. The Bertz CT molecular complexity index is 635. The van der Waals surface area contributed by atoms with Crippen LogP contribution in [0.2, 0.25) is 0 Å². The molecule has 0 aliphatic heterocycles. The first-order valence-corrected chi connectivity index (χ1v) is 7.70. The van der Waals surface area contributed by atoms with Gasteiger partial charge in [0.2, 0.25) is 0 Å². The molecule has 0 radical (unpaired) electrons. The van der Waals surface area contributed by atoms with Crippen molar-refractivity contribution in [2.75, 3.05) is 6.61 Å². The first kappa shape index (κ1) is 14.2. The van der Waals surface area contributed by atoms with Crippen LogP contribution >= 0.6 is 0 Å². The van der Waals surface area contributed by atoms with Gasteiger partial charge in [-0.15, -0.1) is 0 Å². The van der Waals surface area contributed by atoms with Gasteiger partial charge in [0, 0.05) is 0 Å². The van der Waals surface area contributed by atoms with Crippen LogP contribution < -0.4 is 4.74 Å². The molecular weight excluding hydrogens is 260 g/mol. The molecule has 21 heavy (non-hydrogen) atoms. The molecule has 0 amide bonds. The second kappa shape index (κ2) is 5.53. The fourth-order valence-electron chi connectivity index (χ4n) is 3.33. The van der Waals surface area contributed by atoms with Gasteiger partial charge in [0.1, 0.15) is 11.4 Å². The van der Waals surface area contributed by atoms with Gasteiger partial charge in [-0.3, -0.25) is 0 Å². The van der Waals surface area contributed by atoms with Crippen molar-refractivity contribution in [1.29, 1.82) is 0 Å². The highest BCUT2D eigenvalue weighted by Crippen LogP contribution is 2.45. The zero-order valence-electron chi connectivity index (χ0n) is 12.7. The minimum Gasteiger partial charge on any atom is -0.494 e. The molecule has 3 rings (SSSR count). The summed E-state index contributed by atoms with van der Waals surface area (Å²) in [6.45, 7) is 4.84. The Balaban J connectivity index is 2.09. The predicted molar refractivity (Wildman–Crippen MR) is 84.7 cm³/mol. The predicted octanol–water partition coefficient (Wildman–Crippen LogP) is 4.22. The summed E-state index contributed by atoms with van der Waals surface area (Å²) < 4.78 is 5.58. The normalized spacial score (nSPS) is 24.4. The zero-order chi connectivity index (χ0) is 14.9. The van der Waals surface area contributed by atoms with Crippen molar-refractivity contribution < 1.29 is 9.84 Å². The molecule has 2 aromatic rings. The Morgan fingerprint density at radius 1 is 1.19 bits per heavy atom. The van der Waals surface area contributed by atoms with Gasteiger partial charge in [0.05, 0.1) is 6.61 Å². The molecule has 2 aromatic carbocycles. The number of fused-ring (bicyclic) bond motifs is 1. The Hall–Kier alpha value is -1.80. The highest BCUT2D eigenvalue weighted by Gasteiger charge is 2.38. The molecule has 0 aromatic heterocycles. The minimum absolute atomic E-state index is 0.497. The topological polar surface area (TPSA) is 29.5 Å². The van der Waals surface area contributed by atoms with E-state index in [4.69, 9.17) is 4.74 Å². The maximum absolute atomic E-state index is 11.3. The van der Waals surface area contributed by atoms with E-state index in [9.17, 15) is 5.11 Å². The van der Waals surface area contributed by atoms with Crippen molar-refractivity contribution >= 4 is 0 Å². The summed E-state index contributed by atoms with van der Waals surface area (Å²) >= 11 is 0. The molecule has 2 atom stereocenters. The van der Waals surface area contributed by atoms with Crippen molar-refractivity contribution in [3.05, 3.63) is 65.2 Å². The van der Waals surface area contributed by atoms with Crippen molar-refractivity contribution in [3.63, 3.8) is 0 Å². The van der Waals surface area contributed by atoms with Gasteiger partial charge in [-0.1, -0.05) is 43.3 Å². The zero-order valence-corrected chi connectivity index (χ0v) is 12.7. The minimum atomic E-state index is -0.907. The summed E-state index contributed by atoms with van der Waals surface area (Å²) in [5, 5.41) is 11.3. The summed E-state index contributed by atoms with van der Waals surface area (Å²) in [4.78, 5) is 0. The molecule has 0 saturated carbocycles. The first-order valence-electron chi connectivity index (χ1n) is 7.70. The quantitative estimate of drug-likeness (QED) is 0.913. The largest absolute Gasteiger partial charge is 0.494 e. The maximum Gasteiger partial charge on any atom is 0.119 e. The molecule has 2 heteroatoms. The van der Waals surface area contributed by atoms with Crippen LogP contribution in [-0.4, -0.2) is 11.7 Å². The second-order valence-corrected chi connectivity index (χ2v) is 5.85. The van der Waals surface area contributed by atoms with Gasteiger partial charge in [-0.25, -0.2) is 0 Å². The van der Waals surface area contributed by atoms with Gasteiger partial charge >= 0.3 is 0 Å². The van der Waals surface area contributed by atoms with Crippen LogP contribution in [0.5, 0.6) is 5.75 Å². The van der Waals surface area contributed by atoms with E-state index < -0.39 is 5.60 Å². The van der Waals surface area contributed by atoms with Crippen LogP contribution in [0.15, 0.2) is 48.5 Å². The molecule has 110 valence electrons. The Kier molecular flexibility index (Phi) is 3.73. The average Bonchev–Trinajstić information content (AvgIpc) is 2.52. The third kappa shape index (κ3) is 2.44. The molecule has 0 saturated heterocycles. The Morgan fingerprint density at radius 3 is 2.81 bits per heavy atom. The van der Waals surface area contributed by atoms with E-state index >= 15 is 0 Å². The fraction of sp³-hybridized carbons (Fsp3) is 0.368. The molecule has 1 aliphatic rings. The number of aliphatic hydroxyl groups is 1. The lowest BCUT2D eigenvalue weighted by Gasteiger charge is -2.38. The third-order valence-electron chi connectivity index (χ3n) is 4.50. The van der Waals surface area contributed by atoms with E-state index in [1.165, 1.54) is 5.56 Å². The van der Waals surface area contributed by atoms with Gasteiger partial charge in [-0.05, 0) is 54.5 Å². The van der Waals surface area contributed by atoms with Crippen molar-refractivity contribution in [2.45, 2.75) is 38.2 Å². The number of hydrogen-bond donors (Lipinski definition) is 1. The highest BCUT2D eigenvalue weighted by molar-refractivity contribution is 5.46. The van der Waals surface area contributed by atoms with Crippen molar-refractivity contribution in [1.82, 2.24) is 0 Å². The number of rotatable bonds is 3. The van der Waals surface area contributed by atoms with Crippen LogP contribution in [-0.2, 0) is 5.60 Å². The Labute approximate surface area is 126 Å². The van der Waals surface area contributed by atoms with E-state index in [0.29, 0.717) is 12.5 Å². The monoisotopic (exact) mass is 282 g/mol. The number of benzene rings is 2. The number of hydrogen-bond acceptors (Lipinski definition) is 2. The van der Waals surface area contributed by atoms with E-state index in [-0.39, 0.29) is 0 Å². The lowest BCUT2D eigenvalue weighted by Crippen LogP contribution is -2.32. The molecule has 2 nitrogen and oxygen atoms in total. The van der Waals surface area contributed by atoms with E-state index in [1.807, 2.05) is 37.3 Å². The SMILES string of the molecule is CCOc1cccc(C2(O)CCC(C)c3ccccc32)c1. The molecule has 0 bridgehead atoms. The third-order valence-corrected chi connectivity index (χ3v) is 4.50. The van der Waals surface area contributed by atoms with Gasteiger partial charge in [-0.2, -0.15) is 0 Å². The van der Waals surface area contributed by atoms with Crippen LogP contribution in [0, 0.1) is 0 Å². The summed E-state index contributed by atoms with van der Waals surface area (Å²) in [6, 6.07) is 16.1. The molecule has 1 N–H and O–H groups in total. The lowest BCUT2D eigenvalue weighted by atomic mass is 9.71. The van der Waals surface area contributed by atoms with Crippen LogP contribution in [0.25, 0.3) is 0 Å². The van der Waals surface area contributed by atoms with Crippen LogP contribution in [0.3, 0.4) is 0 Å². The summed E-state index contributed by atoms with van der Waals surface area (Å²) in [7, 11) is 0. The second-order valence-electron chi connectivity index (χ2n) is 5.85. The van der Waals surface area contributed by atoms with Gasteiger partial charge < -0.3 is 9.84 Å². The molecule has 2 unspecified atom stereocenters. The van der Waals surface area contributed by atoms with Crippen LogP contribution in [0.1, 0.15) is 49.3 Å². The molecule has 0 fully saturated rings. The van der Waals surface area contributed by atoms with Crippen LogP contribution in [0.4, 0.5) is 0 Å². The fourth-order valence-corrected chi connectivity index (χ4v) is 3.33. The van der Waals surface area contributed by atoms with Gasteiger partial charge in [0.15, 0.2) is 0 Å². The molecular formula is C19H22O2. The first-order chi connectivity index (χ1) is 10.1.